The van der Waals surface area contributed by atoms with E-state index in [1.54, 1.807) is 12.1 Å². The van der Waals surface area contributed by atoms with Crippen LogP contribution in [0.4, 0.5) is 17.1 Å². The van der Waals surface area contributed by atoms with E-state index in [-0.39, 0.29) is 5.78 Å². The molecule has 2 rings (SSSR count). The van der Waals surface area contributed by atoms with Crippen molar-refractivity contribution in [2.75, 3.05) is 11.1 Å². The molecule has 0 radical (unpaired) electrons. The highest BCUT2D eigenvalue weighted by Gasteiger charge is 2.05. The van der Waals surface area contributed by atoms with Gasteiger partial charge in [-0.05, 0) is 62.2 Å². The Labute approximate surface area is 113 Å². The number of aryl methyl sites for hydroxylation is 2. The number of benzene rings is 2. The van der Waals surface area contributed by atoms with Crippen LogP contribution in [0, 0.1) is 13.8 Å². The van der Waals surface area contributed by atoms with Crippen LogP contribution in [-0.2, 0) is 0 Å². The normalized spacial score (nSPS) is 10.3. The molecule has 2 aromatic carbocycles. The lowest BCUT2D eigenvalue weighted by atomic mass is 10.1. The molecular formula is C16H18N2O. The summed E-state index contributed by atoms with van der Waals surface area (Å²) >= 11 is 0. The number of nitrogens with one attached hydrogen (secondary N) is 1. The van der Waals surface area contributed by atoms with Crippen LogP contribution in [0.3, 0.4) is 0 Å². The molecular weight excluding hydrogens is 236 g/mol. The third kappa shape index (κ3) is 2.94. The Balaban J connectivity index is 2.26. The number of carbonyl (C=O) groups excluding carboxylic acids is 1. The lowest BCUT2D eigenvalue weighted by Gasteiger charge is -2.10. The van der Waals surface area contributed by atoms with E-state index in [0.717, 1.165) is 11.4 Å². The van der Waals surface area contributed by atoms with E-state index < -0.39 is 0 Å². The van der Waals surface area contributed by atoms with Crippen LogP contribution >= 0.6 is 0 Å². The van der Waals surface area contributed by atoms with E-state index in [2.05, 4.69) is 31.3 Å². The van der Waals surface area contributed by atoms with Crippen molar-refractivity contribution in [1.82, 2.24) is 0 Å². The first kappa shape index (κ1) is 13.1. The van der Waals surface area contributed by atoms with Gasteiger partial charge in [0.15, 0.2) is 5.78 Å². The topological polar surface area (TPSA) is 55.1 Å². The highest BCUT2D eigenvalue weighted by Crippen LogP contribution is 2.23. The summed E-state index contributed by atoms with van der Waals surface area (Å²) in [6.07, 6.45) is 0. The predicted octanol–water partition coefficient (Wildman–Crippen LogP) is 3.83. The highest BCUT2D eigenvalue weighted by atomic mass is 16.1. The smallest absolute Gasteiger partial charge is 0.161 e. The fourth-order valence-electron chi connectivity index (χ4n) is 1.95. The first-order chi connectivity index (χ1) is 8.97. The summed E-state index contributed by atoms with van der Waals surface area (Å²) in [5, 5.41) is 3.29. The van der Waals surface area contributed by atoms with E-state index in [0.29, 0.717) is 11.3 Å². The molecule has 0 saturated heterocycles. The molecule has 0 amide bonds. The Hall–Kier alpha value is -2.29. The Morgan fingerprint density at radius 3 is 2.21 bits per heavy atom. The van der Waals surface area contributed by atoms with Gasteiger partial charge in [0.2, 0.25) is 0 Å². The van der Waals surface area contributed by atoms with E-state index in [1.807, 2.05) is 12.1 Å². The summed E-state index contributed by atoms with van der Waals surface area (Å²) in [7, 11) is 0. The zero-order valence-electron chi connectivity index (χ0n) is 11.4. The predicted molar refractivity (Wildman–Crippen MR) is 80.1 cm³/mol. The molecule has 0 spiro atoms. The summed E-state index contributed by atoms with van der Waals surface area (Å²) in [6, 6.07) is 11.6. The number of anilines is 3. The van der Waals surface area contributed by atoms with Gasteiger partial charge in [0, 0.05) is 22.6 Å². The Morgan fingerprint density at radius 1 is 1.00 bits per heavy atom. The molecule has 0 heterocycles. The van der Waals surface area contributed by atoms with Gasteiger partial charge >= 0.3 is 0 Å². The van der Waals surface area contributed by atoms with Crippen molar-refractivity contribution in [3.05, 3.63) is 53.1 Å². The molecule has 2 aromatic rings. The highest BCUT2D eigenvalue weighted by molar-refractivity contribution is 5.99. The standard InChI is InChI=1S/C16H18N2O/c1-10-4-5-13(8-11(10)2)18-14-6-7-15(12(3)19)16(17)9-14/h4-9,18H,17H2,1-3H3. The van der Waals surface area contributed by atoms with Crippen LogP contribution in [0.25, 0.3) is 0 Å². The number of carbonyl (C=O) groups is 1. The SMILES string of the molecule is CC(=O)c1ccc(Nc2ccc(C)c(C)c2)cc1N. The quantitative estimate of drug-likeness (QED) is 0.646. The number of nitrogen functional groups attached to an aromatic ring is 1. The van der Waals surface area contributed by atoms with Gasteiger partial charge in [0.05, 0.1) is 0 Å². The first-order valence-corrected chi connectivity index (χ1v) is 6.22. The summed E-state index contributed by atoms with van der Waals surface area (Å²) < 4.78 is 0. The number of rotatable bonds is 3. The van der Waals surface area contributed by atoms with Gasteiger partial charge in [-0.15, -0.1) is 0 Å². The Kier molecular flexibility index (Phi) is 3.56. The molecule has 98 valence electrons. The summed E-state index contributed by atoms with van der Waals surface area (Å²) in [5.41, 5.74) is 11.3. The van der Waals surface area contributed by atoms with Crippen molar-refractivity contribution in [1.29, 1.82) is 0 Å². The number of nitrogens with two attached hydrogens (primary N) is 1. The molecule has 3 N–H and O–H groups in total. The lowest BCUT2D eigenvalue weighted by molar-refractivity contribution is 0.101. The van der Waals surface area contributed by atoms with Crippen LogP contribution in [0.5, 0.6) is 0 Å². The van der Waals surface area contributed by atoms with Gasteiger partial charge < -0.3 is 11.1 Å². The van der Waals surface area contributed by atoms with E-state index in [1.165, 1.54) is 18.1 Å². The maximum atomic E-state index is 11.3. The second kappa shape index (κ2) is 5.14. The molecule has 0 aliphatic rings. The van der Waals surface area contributed by atoms with Crippen LogP contribution in [-0.4, -0.2) is 5.78 Å². The average Bonchev–Trinajstić information content (AvgIpc) is 2.33. The van der Waals surface area contributed by atoms with Crippen molar-refractivity contribution in [3.63, 3.8) is 0 Å². The van der Waals surface area contributed by atoms with E-state index in [9.17, 15) is 4.79 Å². The first-order valence-electron chi connectivity index (χ1n) is 6.22. The van der Waals surface area contributed by atoms with Crippen molar-refractivity contribution in [3.8, 4) is 0 Å². The second-order valence-electron chi connectivity index (χ2n) is 4.78. The van der Waals surface area contributed by atoms with Crippen LogP contribution in [0.1, 0.15) is 28.4 Å². The second-order valence-corrected chi connectivity index (χ2v) is 4.78. The summed E-state index contributed by atoms with van der Waals surface area (Å²) in [4.78, 5) is 11.3. The van der Waals surface area contributed by atoms with Crippen molar-refractivity contribution in [2.24, 2.45) is 0 Å². The molecule has 0 aromatic heterocycles. The van der Waals surface area contributed by atoms with Gasteiger partial charge in [-0.1, -0.05) is 6.07 Å². The maximum absolute atomic E-state index is 11.3. The summed E-state index contributed by atoms with van der Waals surface area (Å²) in [6.45, 7) is 5.68. The average molecular weight is 254 g/mol. The lowest BCUT2D eigenvalue weighted by Crippen LogP contribution is -2.01. The molecule has 0 unspecified atom stereocenters. The zero-order chi connectivity index (χ0) is 14.0. The van der Waals surface area contributed by atoms with Gasteiger partial charge in [0.1, 0.15) is 0 Å². The minimum absolute atomic E-state index is 0.0183. The third-order valence-corrected chi connectivity index (χ3v) is 3.23. The molecule has 3 heteroatoms. The molecule has 19 heavy (non-hydrogen) atoms. The number of hydrogen-bond donors (Lipinski definition) is 2. The molecule has 0 aliphatic carbocycles. The number of hydrogen-bond acceptors (Lipinski definition) is 3. The van der Waals surface area contributed by atoms with E-state index in [4.69, 9.17) is 5.73 Å². The Morgan fingerprint density at radius 2 is 1.63 bits per heavy atom. The minimum atomic E-state index is -0.0183. The van der Waals surface area contributed by atoms with Crippen LogP contribution in [0.15, 0.2) is 36.4 Å². The molecule has 3 nitrogen and oxygen atoms in total. The van der Waals surface area contributed by atoms with Crippen LogP contribution < -0.4 is 11.1 Å². The van der Waals surface area contributed by atoms with Gasteiger partial charge in [-0.25, -0.2) is 0 Å². The zero-order valence-corrected chi connectivity index (χ0v) is 11.4. The van der Waals surface area contributed by atoms with Crippen molar-refractivity contribution >= 4 is 22.8 Å². The monoisotopic (exact) mass is 254 g/mol. The van der Waals surface area contributed by atoms with Gasteiger partial charge in [0.25, 0.3) is 0 Å². The van der Waals surface area contributed by atoms with Crippen molar-refractivity contribution < 1.29 is 4.79 Å². The van der Waals surface area contributed by atoms with E-state index >= 15 is 0 Å². The number of ketones is 1. The Bertz CT molecular complexity index is 633. The molecule has 0 fully saturated rings. The van der Waals surface area contributed by atoms with Gasteiger partial charge in [-0.3, -0.25) is 4.79 Å². The fourth-order valence-corrected chi connectivity index (χ4v) is 1.95. The van der Waals surface area contributed by atoms with Gasteiger partial charge in [-0.2, -0.15) is 0 Å². The minimum Gasteiger partial charge on any atom is -0.398 e. The molecule has 0 saturated carbocycles. The fraction of sp³-hybridized carbons (Fsp3) is 0.188. The summed E-state index contributed by atoms with van der Waals surface area (Å²) in [5.74, 6) is -0.0183. The van der Waals surface area contributed by atoms with Crippen LogP contribution in [0.2, 0.25) is 0 Å². The molecule has 0 atom stereocenters. The largest absolute Gasteiger partial charge is 0.398 e. The maximum Gasteiger partial charge on any atom is 0.161 e. The molecule has 0 aliphatic heterocycles. The third-order valence-electron chi connectivity index (χ3n) is 3.23. The van der Waals surface area contributed by atoms with Crippen molar-refractivity contribution in [2.45, 2.75) is 20.8 Å². The molecule has 0 bridgehead atoms. The number of Topliss-reactive ketones (excluding diaryl/α,β-unsaturated/α-hetero) is 1.